The highest BCUT2D eigenvalue weighted by Gasteiger charge is 2.22. The predicted octanol–water partition coefficient (Wildman–Crippen LogP) is 2.81. The van der Waals surface area contributed by atoms with Crippen molar-refractivity contribution >= 4 is 5.91 Å². The van der Waals surface area contributed by atoms with E-state index in [0.29, 0.717) is 12.1 Å². The maximum atomic E-state index is 12.3. The van der Waals surface area contributed by atoms with E-state index in [9.17, 15) is 4.79 Å². The summed E-state index contributed by atoms with van der Waals surface area (Å²) in [6.45, 7) is 4.47. The number of carbonyl (C=O) groups is 1. The molecule has 0 bridgehead atoms. The molecule has 0 unspecified atom stereocenters. The molecule has 0 saturated carbocycles. The van der Waals surface area contributed by atoms with Crippen LogP contribution >= 0.6 is 0 Å². The molecular formula is C17H20N2O. The number of nitrogens with one attached hydrogen (secondary N) is 1. The van der Waals surface area contributed by atoms with Gasteiger partial charge in [-0.2, -0.15) is 0 Å². The lowest BCUT2D eigenvalue weighted by Gasteiger charge is -2.27. The lowest BCUT2D eigenvalue weighted by atomic mass is 9.94. The van der Waals surface area contributed by atoms with Crippen LogP contribution in [0, 0.1) is 0 Å². The third kappa shape index (κ3) is 3.25. The molecule has 2 aromatic rings. The van der Waals surface area contributed by atoms with Gasteiger partial charge in [0.25, 0.3) is 5.91 Å². The van der Waals surface area contributed by atoms with Gasteiger partial charge in [0.1, 0.15) is 0 Å². The van der Waals surface area contributed by atoms with Crippen LogP contribution in [0.5, 0.6) is 0 Å². The van der Waals surface area contributed by atoms with Crippen molar-refractivity contribution in [2.75, 3.05) is 0 Å². The first-order valence-electron chi connectivity index (χ1n) is 6.70. The number of hydrogen-bond donors (Lipinski definition) is 2. The van der Waals surface area contributed by atoms with Gasteiger partial charge in [0.15, 0.2) is 0 Å². The van der Waals surface area contributed by atoms with Crippen LogP contribution in [0.15, 0.2) is 54.6 Å². The molecule has 0 radical (unpaired) electrons. The highest BCUT2D eigenvalue weighted by molar-refractivity contribution is 5.94. The van der Waals surface area contributed by atoms with Crippen LogP contribution in [0.2, 0.25) is 0 Å². The summed E-state index contributed by atoms with van der Waals surface area (Å²) in [5, 5.41) is 3.06. The molecule has 0 aliphatic heterocycles. The van der Waals surface area contributed by atoms with E-state index >= 15 is 0 Å². The molecule has 3 nitrogen and oxygen atoms in total. The van der Waals surface area contributed by atoms with E-state index in [1.54, 1.807) is 12.1 Å². The molecular weight excluding hydrogens is 248 g/mol. The zero-order valence-electron chi connectivity index (χ0n) is 11.9. The van der Waals surface area contributed by atoms with E-state index in [1.165, 1.54) is 0 Å². The van der Waals surface area contributed by atoms with Gasteiger partial charge in [-0.05, 0) is 37.1 Å². The molecule has 3 heteroatoms. The predicted molar refractivity (Wildman–Crippen MR) is 81.3 cm³/mol. The molecule has 1 amide bonds. The largest absolute Gasteiger partial charge is 0.343 e. The van der Waals surface area contributed by atoms with Crippen LogP contribution in [0.25, 0.3) is 0 Å². The summed E-state index contributed by atoms with van der Waals surface area (Å²) in [6, 6.07) is 17.3. The molecule has 2 rings (SSSR count). The number of amides is 1. The van der Waals surface area contributed by atoms with Gasteiger partial charge in [-0.25, -0.2) is 0 Å². The van der Waals surface area contributed by atoms with Gasteiger partial charge in [0, 0.05) is 12.1 Å². The van der Waals surface area contributed by atoms with Crippen LogP contribution in [-0.2, 0) is 12.1 Å². The summed E-state index contributed by atoms with van der Waals surface area (Å²) in [4.78, 5) is 12.3. The Kier molecular flexibility index (Phi) is 4.20. The Hall–Kier alpha value is -2.13. The average Bonchev–Trinajstić information content (AvgIpc) is 2.48. The summed E-state index contributed by atoms with van der Waals surface area (Å²) >= 11 is 0. The minimum atomic E-state index is -0.412. The zero-order valence-corrected chi connectivity index (χ0v) is 11.9. The third-order valence-electron chi connectivity index (χ3n) is 3.37. The van der Waals surface area contributed by atoms with Crippen molar-refractivity contribution in [2.24, 2.45) is 5.73 Å². The first-order valence-corrected chi connectivity index (χ1v) is 6.70. The Morgan fingerprint density at radius 2 is 1.65 bits per heavy atom. The molecule has 2 aromatic carbocycles. The Bertz CT molecular complexity index is 574. The summed E-state index contributed by atoms with van der Waals surface area (Å²) in [6.07, 6.45) is 0. The van der Waals surface area contributed by atoms with Gasteiger partial charge >= 0.3 is 0 Å². The average molecular weight is 268 g/mol. The van der Waals surface area contributed by atoms with E-state index < -0.39 is 5.54 Å². The number of rotatable bonds is 4. The molecule has 20 heavy (non-hydrogen) atoms. The molecule has 0 fully saturated rings. The minimum Gasteiger partial charge on any atom is -0.343 e. The second-order valence-electron chi connectivity index (χ2n) is 5.35. The summed E-state index contributed by atoms with van der Waals surface area (Å²) in [5.41, 5.74) is 7.88. The fourth-order valence-electron chi connectivity index (χ4n) is 2.08. The monoisotopic (exact) mass is 268 g/mol. The normalized spacial score (nSPS) is 11.2. The van der Waals surface area contributed by atoms with Crippen LogP contribution in [0.3, 0.4) is 0 Å². The van der Waals surface area contributed by atoms with Crippen molar-refractivity contribution in [3.05, 3.63) is 71.3 Å². The second-order valence-corrected chi connectivity index (χ2v) is 5.35. The maximum absolute atomic E-state index is 12.3. The smallest absolute Gasteiger partial charge is 0.251 e. The molecule has 0 heterocycles. The third-order valence-corrected chi connectivity index (χ3v) is 3.37. The van der Waals surface area contributed by atoms with Crippen LogP contribution in [-0.4, -0.2) is 5.91 Å². The molecule has 3 N–H and O–H groups in total. The van der Waals surface area contributed by atoms with Crippen LogP contribution < -0.4 is 11.1 Å². The van der Waals surface area contributed by atoms with Crippen molar-refractivity contribution in [3.8, 4) is 0 Å². The topological polar surface area (TPSA) is 55.1 Å². The fraction of sp³-hybridized carbons (Fsp3) is 0.235. The standard InChI is InChI=1S/C17H20N2O/c1-17(2,15-6-4-3-5-7-15)19-16(20)14-10-8-13(12-18)9-11-14/h3-11H,12,18H2,1-2H3,(H,19,20). The lowest BCUT2D eigenvalue weighted by Crippen LogP contribution is -2.40. The van der Waals surface area contributed by atoms with Gasteiger partial charge < -0.3 is 11.1 Å². The summed E-state index contributed by atoms with van der Waals surface area (Å²) < 4.78 is 0. The summed E-state index contributed by atoms with van der Waals surface area (Å²) in [7, 11) is 0. The number of carbonyl (C=O) groups excluding carboxylic acids is 1. The first-order chi connectivity index (χ1) is 9.53. The Morgan fingerprint density at radius 1 is 1.05 bits per heavy atom. The Balaban J connectivity index is 2.14. The van der Waals surface area contributed by atoms with Crippen molar-refractivity contribution in [2.45, 2.75) is 25.9 Å². The zero-order chi connectivity index (χ0) is 14.6. The number of benzene rings is 2. The van der Waals surface area contributed by atoms with E-state index in [0.717, 1.165) is 11.1 Å². The summed E-state index contributed by atoms with van der Waals surface area (Å²) in [5.74, 6) is -0.0811. The first kappa shape index (κ1) is 14.3. The van der Waals surface area contributed by atoms with Crippen molar-refractivity contribution < 1.29 is 4.79 Å². The van der Waals surface area contributed by atoms with Gasteiger partial charge in [0.05, 0.1) is 5.54 Å². The molecule has 0 spiro atoms. The van der Waals surface area contributed by atoms with Crippen LogP contribution in [0.1, 0.15) is 35.3 Å². The molecule has 0 aromatic heterocycles. The van der Waals surface area contributed by atoms with E-state index in [-0.39, 0.29) is 5.91 Å². The van der Waals surface area contributed by atoms with Gasteiger partial charge in [0.2, 0.25) is 0 Å². The second kappa shape index (κ2) is 5.88. The molecule has 0 atom stereocenters. The van der Waals surface area contributed by atoms with Crippen molar-refractivity contribution in [3.63, 3.8) is 0 Å². The Labute approximate surface area is 119 Å². The molecule has 0 aliphatic rings. The minimum absolute atomic E-state index is 0.0811. The number of nitrogens with two attached hydrogens (primary N) is 1. The van der Waals surface area contributed by atoms with E-state index in [2.05, 4.69) is 5.32 Å². The van der Waals surface area contributed by atoms with Gasteiger partial charge in [-0.3, -0.25) is 4.79 Å². The van der Waals surface area contributed by atoms with E-state index in [1.807, 2.05) is 56.3 Å². The Morgan fingerprint density at radius 3 is 2.20 bits per heavy atom. The van der Waals surface area contributed by atoms with E-state index in [4.69, 9.17) is 5.73 Å². The SMILES string of the molecule is CC(C)(NC(=O)c1ccc(CN)cc1)c1ccccc1. The molecule has 0 aliphatic carbocycles. The highest BCUT2D eigenvalue weighted by Crippen LogP contribution is 2.20. The fourth-order valence-corrected chi connectivity index (χ4v) is 2.08. The molecule has 104 valence electrons. The number of hydrogen-bond acceptors (Lipinski definition) is 2. The molecule has 0 saturated heterocycles. The highest BCUT2D eigenvalue weighted by atomic mass is 16.1. The maximum Gasteiger partial charge on any atom is 0.251 e. The lowest BCUT2D eigenvalue weighted by molar-refractivity contribution is 0.0912. The van der Waals surface area contributed by atoms with Crippen LogP contribution in [0.4, 0.5) is 0 Å². The van der Waals surface area contributed by atoms with Crippen molar-refractivity contribution in [1.82, 2.24) is 5.32 Å². The van der Waals surface area contributed by atoms with Gasteiger partial charge in [-0.1, -0.05) is 42.5 Å². The van der Waals surface area contributed by atoms with Crippen molar-refractivity contribution in [1.29, 1.82) is 0 Å². The quantitative estimate of drug-likeness (QED) is 0.896. The van der Waals surface area contributed by atoms with Gasteiger partial charge in [-0.15, -0.1) is 0 Å².